The third-order valence-electron chi connectivity index (χ3n) is 2.31. The van der Waals surface area contributed by atoms with Crippen molar-refractivity contribution in [3.8, 4) is 6.07 Å². The minimum atomic E-state index is -0.445. The lowest BCUT2D eigenvalue weighted by atomic mass is 10.1. The zero-order chi connectivity index (χ0) is 13.1. The highest BCUT2D eigenvalue weighted by Crippen LogP contribution is 2.25. The Balaban J connectivity index is 2.37. The van der Waals surface area contributed by atoms with Crippen LogP contribution in [0.5, 0.6) is 0 Å². The first-order valence-electron chi connectivity index (χ1n) is 5.11. The maximum absolute atomic E-state index is 13.2. The molecule has 2 aromatic rings. The second-order valence-corrected chi connectivity index (χ2v) is 4.14. The van der Waals surface area contributed by atoms with E-state index in [-0.39, 0.29) is 5.02 Å². The van der Waals surface area contributed by atoms with Crippen LogP contribution in [0.25, 0.3) is 0 Å². The van der Waals surface area contributed by atoms with Gasteiger partial charge in [-0.25, -0.2) is 4.39 Å². The van der Waals surface area contributed by atoms with Crippen LogP contribution in [-0.2, 0) is 0 Å². The lowest BCUT2D eigenvalue weighted by molar-refractivity contribution is 0.628. The lowest BCUT2D eigenvalue weighted by Crippen LogP contribution is -1.96. The zero-order valence-corrected chi connectivity index (χ0v) is 10.0. The SMILES string of the molecule is N#Cc1cc(N)ccc1Nc1cc(F)cc(Cl)c1. The fourth-order valence-electron chi connectivity index (χ4n) is 1.54. The zero-order valence-electron chi connectivity index (χ0n) is 9.24. The van der Waals surface area contributed by atoms with Gasteiger partial charge in [0.15, 0.2) is 0 Å². The summed E-state index contributed by atoms with van der Waals surface area (Å²) in [5.74, 6) is -0.445. The third-order valence-corrected chi connectivity index (χ3v) is 2.52. The Bertz CT molecular complexity index is 614. The molecule has 2 aromatic carbocycles. The number of nitrogens with zero attached hydrogens (tertiary/aromatic N) is 1. The average molecular weight is 262 g/mol. The van der Waals surface area contributed by atoms with Gasteiger partial charge < -0.3 is 11.1 Å². The third kappa shape index (κ3) is 2.70. The fourth-order valence-corrected chi connectivity index (χ4v) is 1.77. The van der Waals surface area contributed by atoms with Crippen LogP contribution in [0.2, 0.25) is 5.02 Å². The first kappa shape index (κ1) is 12.2. The van der Waals surface area contributed by atoms with E-state index in [2.05, 4.69) is 5.32 Å². The predicted octanol–water partition coefficient (Wildman–Crippen LogP) is 3.68. The quantitative estimate of drug-likeness (QED) is 0.811. The van der Waals surface area contributed by atoms with Gasteiger partial charge in [-0.15, -0.1) is 0 Å². The van der Waals surface area contributed by atoms with Crippen LogP contribution in [-0.4, -0.2) is 0 Å². The van der Waals surface area contributed by atoms with E-state index in [0.29, 0.717) is 22.6 Å². The minimum Gasteiger partial charge on any atom is -0.399 e. The molecular formula is C13H9ClFN3. The highest BCUT2D eigenvalue weighted by atomic mass is 35.5. The number of anilines is 3. The van der Waals surface area contributed by atoms with Gasteiger partial charge in [0.1, 0.15) is 11.9 Å². The van der Waals surface area contributed by atoms with Gasteiger partial charge in [0, 0.05) is 16.4 Å². The number of rotatable bonds is 2. The topological polar surface area (TPSA) is 61.8 Å². The van der Waals surface area contributed by atoms with Crippen molar-refractivity contribution in [2.45, 2.75) is 0 Å². The summed E-state index contributed by atoms with van der Waals surface area (Å²) in [7, 11) is 0. The molecule has 0 aliphatic heterocycles. The van der Waals surface area contributed by atoms with Crippen molar-refractivity contribution < 1.29 is 4.39 Å². The number of benzene rings is 2. The molecule has 0 atom stereocenters. The molecule has 0 unspecified atom stereocenters. The lowest BCUT2D eigenvalue weighted by Gasteiger charge is -2.09. The molecule has 3 N–H and O–H groups in total. The van der Waals surface area contributed by atoms with Crippen LogP contribution in [0.4, 0.5) is 21.5 Å². The highest BCUT2D eigenvalue weighted by molar-refractivity contribution is 6.30. The van der Waals surface area contributed by atoms with Crippen LogP contribution >= 0.6 is 11.6 Å². The van der Waals surface area contributed by atoms with E-state index in [1.54, 1.807) is 24.3 Å². The number of nitrogens with two attached hydrogens (primary N) is 1. The molecule has 2 rings (SSSR count). The van der Waals surface area contributed by atoms with Crippen LogP contribution in [0.15, 0.2) is 36.4 Å². The van der Waals surface area contributed by atoms with Crippen molar-refractivity contribution >= 4 is 28.7 Å². The molecule has 0 saturated heterocycles. The molecular weight excluding hydrogens is 253 g/mol. The molecule has 0 spiro atoms. The summed E-state index contributed by atoms with van der Waals surface area (Å²) in [4.78, 5) is 0. The Hall–Kier alpha value is -2.25. The second-order valence-electron chi connectivity index (χ2n) is 3.70. The summed E-state index contributed by atoms with van der Waals surface area (Å²) < 4.78 is 13.2. The number of nitrogen functional groups attached to an aromatic ring is 1. The maximum atomic E-state index is 13.2. The number of nitriles is 1. The first-order chi connectivity index (χ1) is 8.58. The molecule has 0 bridgehead atoms. The van der Waals surface area contributed by atoms with E-state index < -0.39 is 5.82 Å². The van der Waals surface area contributed by atoms with E-state index in [1.807, 2.05) is 6.07 Å². The summed E-state index contributed by atoms with van der Waals surface area (Å²) in [6.45, 7) is 0. The average Bonchev–Trinajstić information content (AvgIpc) is 2.30. The first-order valence-corrected chi connectivity index (χ1v) is 5.49. The van der Waals surface area contributed by atoms with Gasteiger partial charge >= 0.3 is 0 Å². The molecule has 0 radical (unpaired) electrons. The van der Waals surface area contributed by atoms with Crippen LogP contribution < -0.4 is 11.1 Å². The molecule has 0 aromatic heterocycles. The molecule has 0 fully saturated rings. The smallest absolute Gasteiger partial charge is 0.126 e. The number of halogens is 2. The molecule has 5 heteroatoms. The van der Waals surface area contributed by atoms with Gasteiger partial charge in [-0.3, -0.25) is 0 Å². The Kier molecular flexibility index (Phi) is 3.35. The van der Waals surface area contributed by atoms with Gasteiger partial charge in [0.05, 0.1) is 11.3 Å². The number of hydrogen-bond donors (Lipinski definition) is 2. The molecule has 18 heavy (non-hydrogen) atoms. The molecule has 0 saturated carbocycles. The van der Waals surface area contributed by atoms with Gasteiger partial charge in [0.25, 0.3) is 0 Å². The molecule has 0 heterocycles. The van der Waals surface area contributed by atoms with Gasteiger partial charge in [-0.05, 0) is 36.4 Å². The molecule has 90 valence electrons. The Morgan fingerprint density at radius 2 is 2.00 bits per heavy atom. The van der Waals surface area contributed by atoms with E-state index >= 15 is 0 Å². The predicted molar refractivity (Wildman–Crippen MR) is 70.3 cm³/mol. The normalized spacial score (nSPS) is 9.83. The summed E-state index contributed by atoms with van der Waals surface area (Å²) in [6.07, 6.45) is 0. The summed E-state index contributed by atoms with van der Waals surface area (Å²) in [5.41, 5.74) is 7.49. The van der Waals surface area contributed by atoms with Gasteiger partial charge in [-0.1, -0.05) is 11.6 Å². The molecule has 0 aliphatic rings. The van der Waals surface area contributed by atoms with E-state index in [1.165, 1.54) is 12.1 Å². The Morgan fingerprint density at radius 3 is 2.67 bits per heavy atom. The number of nitrogens with one attached hydrogen (secondary N) is 1. The second kappa shape index (κ2) is 4.94. The molecule has 0 amide bonds. The van der Waals surface area contributed by atoms with Gasteiger partial charge in [0.2, 0.25) is 0 Å². The van der Waals surface area contributed by atoms with Crippen LogP contribution in [0.3, 0.4) is 0 Å². The highest BCUT2D eigenvalue weighted by Gasteiger charge is 2.05. The fraction of sp³-hybridized carbons (Fsp3) is 0. The Morgan fingerprint density at radius 1 is 1.22 bits per heavy atom. The Labute approximate surface area is 109 Å². The van der Waals surface area contributed by atoms with Crippen molar-refractivity contribution in [3.63, 3.8) is 0 Å². The summed E-state index contributed by atoms with van der Waals surface area (Å²) >= 11 is 5.75. The largest absolute Gasteiger partial charge is 0.399 e. The molecule has 0 aliphatic carbocycles. The van der Waals surface area contributed by atoms with Crippen molar-refractivity contribution in [3.05, 3.63) is 52.8 Å². The van der Waals surface area contributed by atoms with E-state index in [0.717, 1.165) is 0 Å². The van der Waals surface area contributed by atoms with E-state index in [4.69, 9.17) is 22.6 Å². The summed E-state index contributed by atoms with van der Waals surface area (Å²) in [6, 6.07) is 11.0. The standard InChI is InChI=1S/C13H9ClFN3/c14-9-4-10(15)6-12(5-9)18-13-2-1-11(17)3-8(13)7-16/h1-6,18H,17H2. The van der Waals surface area contributed by atoms with Crippen LogP contribution in [0.1, 0.15) is 5.56 Å². The van der Waals surface area contributed by atoms with Gasteiger partial charge in [-0.2, -0.15) is 5.26 Å². The van der Waals surface area contributed by atoms with Crippen molar-refractivity contribution in [2.24, 2.45) is 0 Å². The van der Waals surface area contributed by atoms with Crippen molar-refractivity contribution in [2.75, 3.05) is 11.1 Å². The van der Waals surface area contributed by atoms with Crippen molar-refractivity contribution in [1.29, 1.82) is 5.26 Å². The monoisotopic (exact) mass is 261 g/mol. The van der Waals surface area contributed by atoms with E-state index in [9.17, 15) is 4.39 Å². The maximum Gasteiger partial charge on any atom is 0.126 e. The molecule has 3 nitrogen and oxygen atoms in total. The van der Waals surface area contributed by atoms with Crippen LogP contribution in [0, 0.1) is 17.1 Å². The summed E-state index contributed by atoms with van der Waals surface area (Å²) in [5, 5.41) is 12.2. The van der Waals surface area contributed by atoms with Crippen molar-refractivity contribution in [1.82, 2.24) is 0 Å². The minimum absolute atomic E-state index is 0.284. The number of hydrogen-bond acceptors (Lipinski definition) is 3.